The number of methoxy groups -OCH3 is 1. The van der Waals surface area contributed by atoms with Crippen LogP contribution in [0.1, 0.15) is 66.2 Å². The first-order chi connectivity index (χ1) is 18.8. The van der Waals surface area contributed by atoms with E-state index >= 15 is 0 Å². The highest BCUT2D eigenvalue weighted by Gasteiger charge is 2.35. The van der Waals surface area contributed by atoms with E-state index in [9.17, 15) is 14.7 Å². The molecule has 0 aliphatic carbocycles. The number of ether oxygens (including phenoxy) is 3. The lowest BCUT2D eigenvalue weighted by Crippen LogP contribution is -2.47. The minimum Gasteiger partial charge on any atom is -0.493 e. The second-order valence-corrected chi connectivity index (χ2v) is 11.0. The van der Waals surface area contributed by atoms with Gasteiger partial charge in [-0.05, 0) is 68.0 Å². The minimum atomic E-state index is -1.06. The summed E-state index contributed by atoms with van der Waals surface area (Å²) in [7, 11) is 1.58. The van der Waals surface area contributed by atoms with Crippen molar-refractivity contribution in [3.8, 4) is 23.0 Å². The van der Waals surface area contributed by atoms with E-state index in [2.05, 4.69) is 15.6 Å². The number of fused-ring (bicyclic) bond motifs is 5. The van der Waals surface area contributed by atoms with Gasteiger partial charge in [0.2, 0.25) is 5.91 Å². The SMILES string of the molecule is COc1cc2c3cc1Oc1ccc(C(=O)O)c(c1)OCCCCCCc1csc(n1)NC(=O)CC3(C)NCC2. The third-order valence-corrected chi connectivity index (χ3v) is 8.01. The summed E-state index contributed by atoms with van der Waals surface area (Å²) in [5, 5.41) is 18.8. The molecule has 1 unspecified atom stereocenters. The highest BCUT2D eigenvalue weighted by atomic mass is 32.1. The van der Waals surface area contributed by atoms with Gasteiger partial charge in [0.15, 0.2) is 16.6 Å². The molecule has 206 valence electrons. The summed E-state index contributed by atoms with van der Waals surface area (Å²) in [6, 6.07) is 8.56. The van der Waals surface area contributed by atoms with Gasteiger partial charge in [0.1, 0.15) is 17.1 Å². The molecule has 1 aromatic heterocycles. The molecule has 3 aromatic rings. The van der Waals surface area contributed by atoms with Gasteiger partial charge in [0.05, 0.1) is 19.4 Å². The average molecular weight is 552 g/mol. The van der Waals surface area contributed by atoms with Crippen LogP contribution in [0, 0.1) is 0 Å². The smallest absolute Gasteiger partial charge is 0.339 e. The molecule has 5 rings (SSSR count). The molecule has 0 fully saturated rings. The van der Waals surface area contributed by atoms with Crippen molar-refractivity contribution in [3.63, 3.8) is 0 Å². The highest BCUT2D eigenvalue weighted by molar-refractivity contribution is 7.13. The van der Waals surface area contributed by atoms with E-state index in [1.54, 1.807) is 19.2 Å². The number of nitrogens with one attached hydrogen (secondary N) is 2. The van der Waals surface area contributed by atoms with E-state index in [1.165, 1.54) is 17.4 Å². The third kappa shape index (κ3) is 6.17. The normalized spacial score (nSPS) is 20.0. The second kappa shape index (κ2) is 11.6. The molecule has 10 heteroatoms. The van der Waals surface area contributed by atoms with Crippen molar-refractivity contribution < 1.29 is 28.9 Å². The van der Waals surface area contributed by atoms with Gasteiger partial charge >= 0.3 is 5.97 Å². The lowest BCUT2D eigenvalue weighted by molar-refractivity contribution is -0.117. The summed E-state index contributed by atoms with van der Waals surface area (Å²) in [5.74, 6) is 0.546. The number of nitrogens with zero attached hydrogens (tertiary/aromatic N) is 1. The van der Waals surface area contributed by atoms with Gasteiger partial charge in [0.25, 0.3) is 0 Å². The largest absolute Gasteiger partial charge is 0.493 e. The first kappa shape index (κ1) is 27.0. The van der Waals surface area contributed by atoms with E-state index < -0.39 is 11.5 Å². The van der Waals surface area contributed by atoms with Crippen LogP contribution in [-0.4, -0.2) is 42.2 Å². The molecular weight excluding hydrogens is 518 g/mol. The maximum atomic E-state index is 13.1. The summed E-state index contributed by atoms with van der Waals surface area (Å²) >= 11 is 1.44. The number of hydrogen-bond donors (Lipinski definition) is 3. The number of benzene rings is 2. The third-order valence-electron chi connectivity index (χ3n) is 7.20. The number of carboxylic acid groups (broad SMARTS) is 1. The van der Waals surface area contributed by atoms with Crippen LogP contribution >= 0.6 is 11.3 Å². The Labute approximate surface area is 231 Å². The molecule has 0 radical (unpaired) electrons. The molecule has 0 saturated carbocycles. The molecular formula is C29H33N3O6S. The van der Waals surface area contributed by atoms with Crippen molar-refractivity contribution in [2.45, 2.75) is 57.4 Å². The van der Waals surface area contributed by atoms with E-state index in [4.69, 9.17) is 14.2 Å². The zero-order valence-electron chi connectivity index (χ0n) is 22.2. The standard InChI is InChI=1S/C29H33N3O6S/c1-29-16-26(33)32-28-31-19(17-39-28)7-5-3-4-6-12-37-23-14-20(8-9-21(23)27(34)35)38-25-15-22(29)18(10-11-30-29)13-24(25)36-2/h8-9,13-15,17,30H,3-7,10-12,16H2,1-2H3,(H,34,35)(H,31,32,33). The Balaban J connectivity index is 1.51. The minimum absolute atomic E-state index is 0.0836. The zero-order chi connectivity index (χ0) is 27.4. The first-order valence-electron chi connectivity index (χ1n) is 13.2. The molecule has 6 bridgehead atoms. The van der Waals surface area contributed by atoms with E-state index in [0.29, 0.717) is 29.0 Å². The summed E-state index contributed by atoms with van der Waals surface area (Å²) in [4.78, 5) is 29.6. The van der Waals surface area contributed by atoms with Gasteiger partial charge in [-0.25, -0.2) is 9.78 Å². The van der Waals surface area contributed by atoms with Crippen LogP contribution in [-0.2, 0) is 23.2 Å². The number of anilines is 1. The topological polar surface area (TPSA) is 119 Å². The predicted octanol–water partition coefficient (Wildman–Crippen LogP) is 5.53. The number of carboxylic acids is 1. The number of amides is 1. The molecule has 1 amide bonds. The molecule has 9 nitrogen and oxygen atoms in total. The summed E-state index contributed by atoms with van der Waals surface area (Å²) in [6.07, 6.45) is 5.56. The molecule has 3 heterocycles. The Bertz CT molecular complexity index is 1370. The number of carbonyl (C=O) groups excluding carboxylic acids is 1. The number of rotatable bonds is 2. The fourth-order valence-corrected chi connectivity index (χ4v) is 5.95. The van der Waals surface area contributed by atoms with Crippen LogP contribution in [0.5, 0.6) is 23.0 Å². The van der Waals surface area contributed by atoms with Gasteiger partial charge in [-0.1, -0.05) is 12.8 Å². The zero-order valence-corrected chi connectivity index (χ0v) is 23.0. The quantitative estimate of drug-likeness (QED) is 0.381. The summed E-state index contributed by atoms with van der Waals surface area (Å²) < 4.78 is 17.8. The Morgan fingerprint density at radius 1 is 1.13 bits per heavy atom. The lowest BCUT2D eigenvalue weighted by Gasteiger charge is -2.37. The van der Waals surface area contributed by atoms with Gasteiger partial charge in [-0.15, -0.1) is 11.3 Å². The van der Waals surface area contributed by atoms with E-state index in [-0.39, 0.29) is 23.6 Å². The van der Waals surface area contributed by atoms with Gasteiger partial charge in [-0.2, -0.15) is 0 Å². The van der Waals surface area contributed by atoms with Crippen LogP contribution in [0.4, 0.5) is 5.13 Å². The molecule has 2 aromatic carbocycles. The highest BCUT2D eigenvalue weighted by Crippen LogP contribution is 2.41. The fourth-order valence-electron chi connectivity index (χ4n) is 5.18. The number of aromatic nitrogens is 1. The Morgan fingerprint density at radius 2 is 1.97 bits per heavy atom. The Morgan fingerprint density at radius 3 is 2.79 bits per heavy atom. The molecule has 0 saturated heterocycles. The van der Waals surface area contributed by atoms with Gasteiger partial charge in [0, 0.05) is 30.0 Å². The summed E-state index contributed by atoms with van der Waals surface area (Å²) in [5.41, 5.74) is 2.45. The Kier molecular flexibility index (Phi) is 8.04. The monoisotopic (exact) mass is 551 g/mol. The van der Waals surface area contributed by atoms with Crippen molar-refractivity contribution in [2.24, 2.45) is 0 Å². The number of aromatic carboxylic acids is 1. The lowest BCUT2D eigenvalue weighted by atomic mass is 9.81. The number of thiazole rings is 1. The molecule has 0 spiro atoms. The maximum Gasteiger partial charge on any atom is 0.339 e. The van der Waals surface area contributed by atoms with Crippen molar-refractivity contribution in [3.05, 3.63) is 58.1 Å². The first-order valence-corrected chi connectivity index (χ1v) is 14.1. The molecule has 2 aliphatic rings. The summed E-state index contributed by atoms with van der Waals surface area (Å²) in [6.45, 7) is 3.14. The fraction of sp³-hybridized carbons (Fsp3) is 0.414. The predicted molar refractivity (Wildman–Crippen MR) is 149 cm³/mol. The second-order valence-electron chi connectivity index (χ2n) is 10.1. The van der Waals surface area contributed by atoms with Crippen molar-refractivity contribution in [2.75, 3.05) is 25.6 Å². The molecule has 2 aliphatic heterocycles. The average Bonchev–Trinajstić information content (AvgIpc) is 3.34. The van der Waals surface area contributed by atoms with Crippen LogP contribution in [0.25, 0.3) is 0 Å². The van der Waals surface area contributed by atoms with Crippen LogP contribution < -0.4 is 24.8 Å². The van der Waals surface area contributed by atoms with Crippen molar-refractivity contribution >= 4 is 28.3 Å². The maximum absolute atomic E-state index is 13.1. The Hall–Kier alpha value is -3.63. The van der Waals surface area contributed by atoms with Crippen LogP contribution in [0.15, 0.2) is 35.7 Å². The number of aryl methyl sites for hydroxylation is 1. The molecule has 39 heavy (non-hydrogen) atoms. The van der Waals surface area contributed by atoms with Gasteiger partial charge in [-0.3, -0.25) is 4.79 Å². The van der Waals surface area contributed by atoms with Crippen LogP contribution in [0.3, 0.4) is 0 Å². The van der Waals surface area contributed by atoms with Crippen LogP contribution in [0.2, 0.25) is 0 Å². The van der Waals surface area contributed by atoms with Crippen molar-refractivity contribution in [1.82, 2.24) is 10.3 Å². The molecule has 1 atom stereocenters. The van der Waals surface area contributed by atoms with E-state index in [1.807, 2.05) is 24.4 Å². The van der Waals surface area contributed by atoms with Gasteiger partial charge < -0.3 is 30.0 Å². The van der Waals surface area contributed by atoms with E-state index in [0.717, 1.165) is 61.9 Å². The van der Waals surface area contributed by atoms with Crippen molar-refractivity contribution in [1.29, 1.82) is 0 Å². The number of hydrogen-bond acceptors (Lipinski definition) is 8. The molecule has 3 N–H and O–H groups in total. The number of carbonyl (C=O) groups is 2.